The van der Waals surface area contributed by atoms with Crippen molar-refractivity contribution >= 4 is 22.8 Å². The number of amides is 1. The monoisotopic (exact) mass is 435 g/mol. The number of aromatic nitrogens is 1. The highest BCUT2D eigenvalue weighted by Crippen LogP contribution is 2.33. The number of carboxylic acids is 1. The average molecular weight is 435 g/mol. The van der Waals surface area contributed by atoms with Crippen molar-refractivity contribution in [3.8, 4) is 11.5 Å². The molecule has 1 fully saturated rings. The van der Waals surface area contributed by atoms with Crippen LogP contribution in [-0.2, 0) is 9.59 Å². The fraction of sp³-hybridized carbons (Fsp3) is 0.333. The third kappa shape index (κ3) is 3.56. The molecule has 2 aliphatic heterocycles. The molecule has 0 bridgehead atoms. The number of benzene rings is 2. The molecular weight excluding hydrogens is 410 g/mol. The van der Waals surface area contributed by atoms with E-state index < -0.39 is 18.1 Å². The molecule has 0 radical (unpaired) electrons. The number of carbonyl (C=O) groups is 2. The number of fused-ring (bicyclic) bond motifs is 2. The van der Waals surface area contributed by atoms with Gasteiger partial charge < -0.3 is 24.5 Å². The summed E-state index contributed by atoms with van der Waals surface area (Å²) in [5.74, 6) is 0.184. The fourth-order valence-electron chi connectivity index (χ4n) is 4.66. The number of piperazine rings is 1. The van der Waals surface area contributed by atoms with E-state index in [9.17, 15) is 14.7 Å². The van der Waals surface area contributed by atoms with Gasteiger partial charge in [0.2, 0.25) is 6.10 Å². The maximum absolute atomic E-state index is 13.0. The van der Waals surface area contributed by atoms with E-state index in [0.29, 0.717) is 37.7 Å². The van der Waals surface area contributed by atoms with Gasteiger partial charge in [0.15, 0.2) is 11.5 Å². The minimum absolute atomic E-state index is 0.130. The summed E-state index contributed by atoms with van der Waals surface area (Å²) in [7, 11) is 0. The van der Waals surface area contributed by atoms with Crippen LogP contribution in [0.1, 0.15) is 17.3 Å². The summed E-state index contributed by atoms with van der Waals surface area (Å²) in [5, 5.41) is 11.0. The summed E-state index contributed by atoms with van der Waals surface area (Å²) in [6.45, 7) is 3.88. The topological polar surface area (TPSA) is 95.1 Å². The number of hydrogen-bond donors (Lipinski definition) is 2. The zero-order chi connectivity index (χ0) is 22.2. The molecule has 166 valence electrons. The van der Waals surface area contributed by atoms with E-state index in [2.05, 4.69) is 4.98 Å². The minimum Gasteiger partial charge on any atom is -0.485 e. The van der Waals surface area contributed by atoms with Crippen LogP contribution in [0, 0.1) is 6.92 Å². The number of nitrogens with zero attached hydrogens (tertiary/aromatic N) is 2. The molecule has 1 aromatic heterocycles. The summed E-state index contributed by atoms with van der Waals surface area (Å²) in [6, 6.07) is 14.3. The van der Waals surface area contributed by atoms with E-state index in [0.717, 1.165) is 22.2 Å². The molecule has 3 aromatic rings. The SMILES string of the molecule is Cc1[nH]c2ccccc2c1[C@@H](C(=O)O)N1CCN(C(=O)[C@@H]2COc3ccccc3O2)CC1. The van der Waals surface area contributed by atoms with Gasteiger partial charge >= 0.3 is 5.97 Å². The zero-order valence-corrected chi connectivity index (χ0v) is 17.8. The van der Waals surface area contributed by atoms with Gasteiger partial charge in [0, 0.05) is 48.3 Å². The summed E-state index contributed by atoms with van der Waals surface area (Å²) >= 11 is 0. The molecule has 2 aromatic carbocycles. The number of H-pyrrole nitrogens is 1. The Balaban J connectivity index is 1.29. The second kappa shape index (κ2) is 8.20. The molecule has 8 nitrogen and oxygen atoms in total. The first-order valence-corrected chi connectivity index (χ1v) is 10.7. The molecule has 2 aliphatic rings. The van der Waals surface area contributed by atoms with Gasteiger partial charge in [-0.25, -0.2) is 0 Å². The van der Waals surface area contributed by atoms with E-state index in [1.807, 2.05) is 54.3 Å². The quantitative estimate of drug-likeness (QED) is 0.654. The Morgan fingerprint density at radius 3 is 2.47 bits per heavy atom. The van der Waals surface area contributed by atoms with Crippen molar-refractivity contribution in [3.05, 3.63) is 59.8 Å². The van der Waals surface area contributed by atoms with Gasteiger partial charge in [0.1, 0.15) is 12.6 Å². The zero-order valence-electron chi connectivity index (χ0n) is 17.8. The van der Waals surface area contributed by atoms with Gasteiger partial charge in [0.05, 0.1) is 0 Å². The van der Waals surface area contributed by atoms with E-state index in [-0.39, 0.29) is 12.5 Å². The third-order valence-corrected chi connectivity index (χ3v) is 6.23. The maximum Gasteiger partial charge on any atom is 0.325 e. The lowest BCUT2D eigenvalue weighted by molar-refractivity contribution is -0.147. The lowest BCUT2D eigenvalue weighted by atomic mass is 10.0. The van der Waals surface area contributed by atoms with Crippen molar-refractivity contribution in [3.63, 3.8) is 0 Å². The third-order valence-electron chi connectivity index (χ3n) is 6.23. The Bertz CT molecular complexity index is 1170. The van der Waals surface area contributed by atoms with Crippen molar-refractivity contribution in [2.75, 3.05) is 32.8 Å². The lowest BCUT2D eigenvalue weighted by Gasteiger charge is -2.39. The van der Waals surface area contributed by atoms with Crippen LogP contribution >= 0.6 is 0 Å². The number of hydrogen-bond acceptors (Lipinski definition) is 5. The van der Waals surface area contributed by atoms with Crippen LogP contribution in [0.25, 0.3) is 10.9 Å². The molecule has 32 heavy (non-hydrogen) atoms. The number of aliphatic carboxylic acids is 1. The first-order chi connectivity index (χ1) is 15.5. The summed E-state index contributed by atoms with van der Waals surface area (Å²) in [6.07, 6.45) is -0.692. The highest BCUT2D eigenvalue weighted by atomic mass is 16.6. The number of rotatable bonds is 4. The molecule has 2 N–H and O–H groups in total. The van der Waals surface area contributed by atoms with Gasteiger partial charge in [-0.1, -0.05) is 30.3 Å². The van der Waals surface area contributed by atoms with E-state index >= 15 is 0 Å². The van der Waals surface area contributed by atoms with Crippen LogP contribution in [0.15, 0.2) is 48.5 Å². The Hall–Kier alpha value is -3.52. The number of carboxylic acid groups (broad SMARTS) is 1. The number of ether oxygens (including phenoxy) is 2. The Kier molecular flexibility index (Phi) is 5.22. The van der Waals surface area contributed by atoms with Crippen LogP contribution in [-0.4, -0.2) is 70.7 Å². The Morgan fingerprint density at radius 1 is 1.03 bits per heavy atom. The normalized spacial score (nSPS) is 19.7. The van der Waals surface area contributed by atoms with Crippen molar-refractivity contribution in [2.24, 2.45) is 0 Å². The van der Waals surface area contributed by atoms with Crippen molar-refractivity contribution in [1.29, 1.82) is 0 Å². The molecule has 0 spiro atoms. The van der Waals surface area contributed by atoms with E-state index in [4.69, 9.17) is 9.47 Å². The lowest BCUT2D eigenvalue weighted by Crippen LogP contribution is -2.55. The molecule has 1 saturated heterocycles. The van der Waals surface area contributed by atoms with Crippen LogP contribution < -0.4 is 9.47 Å². The van der Waals surface area contributed by atoms with Crippen LogP contribution in [0.2, 0.25) is 0 Å². The van der Waals surface area contributed by atoms with Gasteiger partial charge in [0.25, 0.3) is 5.91 Å². The van der Waals surface area contributed by atoms with Crippen LogP contribution in [0.4, 0.5) is 0 Å². The van der Waals surface area contributed by atoms with E-state index in [1.54, 1.807) is 11.0 Å². The highest BCUT2D eigenvalue weighted by molar-refractivity contribution is 5.90. The number of carbonyl (C=O) groups excluding carboxylic acids is 1. The highest BCUT2D eigenvalue weighted by Gasteiger charge is 2.37. The molecule has 0 aliphatic carbocycles. The Labute approximate surface area is 185 Å². The maximum atomic E-state index is 13.0. The summed E-state index contributed by atoms with van der Waals surface area (Å²) in [4.78, 5) is 32.3. The van der Waals surface area contributed by atoms with Crippen LogP contribution in [0.5, 0.6) is 11.5 Å². The number of aryl methyl sites for hydroxylation is 1. The number of para-hydroxylation sites is 3. The molecular formula is C24H25N3O5. The van der Waals surface area contributed by atoms with Gasteiger partial charge in [-0.3, -0.25) is 14.5 Å². The minimum atomic E-state index is -0.891. The van der Waals surface area contributed by atoms with Crippen molar-refractivity contribution in [2.45, 2.75) is 19.1 Å². The number of aromatic amines is 1. The predicted molar refractivity (Wildman–Crippen MR) is 118 cm³/mol. The van der Waals surface area contributed by atoms with Gasteiger partial charge in [-0.15, -0.1) is 0 Å². The molecule has 8 heteroatoms. The second-order valence-corrected chi connectivity index (χ2v) is 8.18. The molecule has 0 saturated carbocycles. The Morgan fingerprint density at radius 2 is 1.72 bits per heavy atom. The number of nitrogens with one attached hydrogen (secondary N) is 1. The summed E-state index contributed by atoms with van der Waals surface area (Å²) in [5.41, 5.74) is 2.56. The first kappa shape index (κ1) is 20.4. The average Bonchev–Trinajstić information content (AvgIpc) is 3.14. The predicted octanol–water partition coefficient (Wildman–Crippen LogP) is 2.59. The molecule has 3 heterocycles. The van der Waals surface area contributed by atoms with Crippen LogP contribution in [0.3, 0.4) is 0 Å². The fourth-order valence-corrected chi connectivity index (χ4v) is 4.66. The van der Waals surface area contributed by atoms with Crippen molar-refractivity contribution in [1.82, 2.24) is 14.8 Å². The van der Waals surface area contributed by atoms with Gasteiger partial charge in [-0.2, -0.15) is 0 Å². The first-order valence-electron chi connectivity index (χ1n) is 10.7. The second-order valence-electron chi connectivity index (χ2n) is 8.18. The standard InChI is InChI=1S/C24H25N3O5/c1-15-21(16-6-2-3-7-17(16)25-15)22(24(29)30)26-10-12-27(13-11-26)23(28)20-14-31-18-8-4-5-9-19(18)32-20/h2-9,20,22,25H,10-14H2,1H3,(H,29,30)/t20-,22-/m0/s1. The van der Waals surface area contributed by atoms with Crippen molar-refractivity contribution < 1.29 is 24.2 Å². The van der Waals surface area contributed by atoms with Gasteiger partial charge in [-0.05, 0) is 25.1 Å². The summed E-state index contributed by atoms with van der Waals surface area (Å²) < 4.78 is 11.5. The molecule has 1 amide bonds. The molecule has 0 unspecified atom stereocenters. The van der Waals surface area contributed by atoms with E-state index in [1.165, 1.54) is 0 Å². The smallest absolute Gasteiger partial charge is 0.325 e. The largest absolute Gasteiger partial charge is 0.485 e. The molecule has 2 atom stereocenters. The molecule has 5 rings (SSSR count).